The van der Waals surface area contributed by atoms with Crippen molar-refractivity contribution in [1.82, 2.24) is 5.32 Å². The highest BCUT2D eigenvalue weighted by molar-refractivity contribution is 8.34. The Bertz CT molecular complexity index is 255. The Morgan fingerprint density at radius 1 is 1.00 bits per heavy atom. The highest BCUT2D eigenvalue weighted by Crippen LogP contribution is 2.06. The quantitative estimate of drug-likeness (QED) is 0.420. The summed E-state index contributed by atoms with van der Waals surface area (Å²) in [5.41, 5.74) is 0. The van der Waals surface area contributed by atoms with Crippen molar-refractivity contribution in [3.05, 3.63) is 0 Å². The Morgan fingerprint density at radius 2 is 1.50 bits per heavy atom. The van der Waals surface area contributed by atoms with Crippen LogP contribution in [0.15, 0.2) is 0 Å². The largest absolute Gasteiger partial charge is 0.430 e. The van der Waals surface area contributed by atoms with Gasteiger partial charge in [0, 0.05) is 6.42 Å². The Kier molecular flexibility index (Phi) is 10.6. The van der Waals surface area contributed by atoms with Gasteiger partial charge in [-0.15, -0.1) is 0 Å². The van der Waals surface area contributed by atoms with E-state index in [1.165, 1.54) is 32.1 Å². The van der Waals surface area contributed by atoms with Crippen LogP contribution in [0.5, 0.6) is 0 Å². The molecule has 0 aliphatic heterocycles. The molecule has 0 saturated heterocycles. The summed E-state index contributed by atoms with van der Waals surface area (Å²) in [5, 5.41) is 3.12. The van der Waals surface area contributed by atoms with E-state index < -0.39 is 9.05 Å². The predicted molar refractivity (Wildman–Crippen MR) is 71.9 cm³/mol. The standard InChI is InChI=1S/C10H23NO3S2/c1-11-9-7-5-3-2-4-6-8-10-15-16(12,13)14/h11H,2-10H2,1H3,(H-,12,13,14)/p+1. The summed E-state index contributed by atoms with van der Waals surface area (Å²) in [6.45, 7) is 1.10. The third-order valence-electron chi connectivity index (χ3n) is 2.31. The van der Waals surface area contributed by atoms with E-state index in [-0.39, 0.29) is 0 Å². The van der Waals surface area contributed by atoms with Crippen LogP contribution in [-0.4, -0.2) is 32.7 Å². The molecule has 0 saturated carbocycles. The van der Waals surface area contributed by atoms with Crippen LogP contribution in [0, 0.1) is 0 Å². The Balaban J connectivity index is 3.14. The summed E-state index contributed by atoms with van der Waals surface area (Å²) in [6.07, 6.45) is 8.18. The molecule has 0 spiro atoms. The lowest BCUT2D eigenvalue weighted by Crippen LogP contribution is -2.06. The van der Waals surface area contributed by atoms with Crippen molar-refractivity contribution in [2.75, 3.05) is 19.3 Å². The molecule has 0 bridgehead atoms. The maximum atomic E-state index is 10.5. The molecule has 16 heavy (non-hydrogen) atoms. The number of unbranched alkanes of at least 4 members (excludes halogenated alkanes) is 6. The van der Waals surface area contributed by atoms with Crippen LogP contribution in [0.3, 0.4) is 0 Å². The number of hydrogen-bond acceptors (Lipinski definition) is 2. The van der Waals surface area contributed by atoms with Crippen LogP contribution in [0.25, 0.3) is 0 Å². The Labute approximate surface area is 103 Å². The molecule has 0 aromatic heterocycles. The second-order valence-corrected chi connectivity index (χ2v) is 7.40. The molecule has 0 aromatic carbocycles. The first-order chi connectivity index (χ1) is 7.56. The van der Waals surface area contributed by atoms with Crippen LogP contribution < -0.4 is 5.32 Å². The SMILES string of the molecule is CNCCCCCCCCC[S+]=S(=O)(O)O. The summed E-state index contributed by atoms with van der Waals surface area (Å²) in [7, 11) is -0.863. The normalized spacial score (nSPS) is 11.7. The fraction of sp³-hybridized carbons (Fsp3) is 1.00. The summed E-state index contributed by atoms with van der Waals surface area (Å²) < 4.78 is 27.7. The minimum atomic E-state index is -3.57. The molecular weight excluding hydrogens is 246 g/mol. The topological polar surface area (TPSA) is 69.6 Å². The van der Waals surface area contributed by atoms with Crippen LogP contribution in [0.4, 0.5) is 0 Å². The van der Waals surface area contributed by atoms with Gasteiger partial charge >= 0.3 is 9.05 Å². The van der Waals surface area contributed by atoms with E-state index in [0.29, 0.717) is 5.75 Å². The van der Waals surface area contributed by atoms with Crippen molar-refractivity contribution in [3.8, 4) is 0 Å². The first-order valence-electron chi connectivity index (χ1n) is 5.84. The molecule has 0 radical (unpaired) electrons. The average molecular weight is 270 g/mol. The van der Waals surface area contributed by atoms with E-state index in [9.17, 15) is 4.21 Å². The molecule has 3 N–H and O–H groups in total. The second kappa shape index (κ2) is 10.4. The number of hydrogen-bond donors (Lipinski definition) is 3. The van der Waals surface area contributed by atoms with Crippen LogP contribution >= 0.6 is 0 Å². The molecule has 0 aromatic rings. The molecule has 4 nitrogen and oxygen atoms in total. The van der Waals surface area contributed by atoms with Gasteiger partial charge in [-0.05, 0) is 26.4 Å². The van der Waals surface area contributed by atoms with Crippen LogP contribution in [-0.2, 0) is 19.4 Å². The highest BCUT2D eigenvalue weighted by Gasteiger charge is 2.08. The summed E-state index contributed by atoms with van der Waals surface area (Å²) >= 11 is 0. The average Bonchev–Trinajstić information content (AvgIpc) is 2.19. The van der Waals surface area contributed by atoms with Gasteiger partial charge in [-0.1, -0.05) is 25.7 Å². The van der Waals surface area contributed by atoms with Crippen molar-refractivity contribution in [2.24, 2.45) is 0 Å². The summed E-state index contributed by atoms with van der Waals surface area (Å²) in [5.74, 6) is 0.561. The lowest BCUT2D eigenvalue weighted by Gasteiger charge is -1.99. The van der Waals surface area contributed by atoms with Crippen LogP contribution in [0.1, 0.15) is 44.9 Å². The molecule has 6 heteroatoms. The smallest absolute Gasteiger partial charge is 0.320 e. The van der Waals surface area contributed by atoms with Crippen molar-refractivity contribution in [3.63, 3.8) is 0 Å². The molecular formula is C10H24NO3S2+. The molecule has 0 amide bonds. The van der Waals surface area contributed by atoms with E-state index in [1.807, 2.05) is 7.05 Å². The summed E-state index contributed by atoms with van der Waals surface area (Å²) in [4.78, 5) is 0. The lowest BCUT2D eigenvalue weighted by molar-refractivity contribution is 0.450. The number of nitrogens with one attached hydrogen (secondary N) is 1. The molecule has 0 rings (SSSR count). The van der Waals surface area contributed by atoms with Crippen molar-refractivity contribution in [1.29, 1.82) is 0 Å². The summed E-state index contributed by atoms with van der Waals surface area (Å²) in [6, 6.07) is 0. The van der Waals surface area contributed by atoms with E-state index in [0.717, 1.165) is 29.7 Å². The Morgan fingerprint density at radius 3 is 2.00 bits per heavy atom. The van der Waals surface area contributed by atoms with Crippen molar-refractivity contribution in [2.45, 2.75) is 44.9 Å². The zero-order valence-electron chi connectivity index (χ0n) is 9.98. The maximum Gasteiger partial charge on any atom is 0.430 e. The molecule has 0 aliphatic carbocycles. The van der Waals surface area contributed by atoms with E-state index in [2.05, 4.69) is 5.32 Å². The monoisotopic (exact) mass is 270 g/mol. The van der Waals surface area contributed by atoms with E-state index in [1.54, 1.807) is 0 Å². The molecule has 0 fully saturated rings. The van der Waals surface area contributed by atoms with Gasteiger partial charge in [0.25, 0.3) is 10.3 Å². The third kappa shape index (κ3) is 14.2. The fourth-order valence-electron chi connectivity index (χ4n) is 1.46. The third-order valence-corrected chi connectivity index (χ3v) is 4.49. The fourth-order valence-corrected chi connectivity index (χ4v) is 3.00. The van der Waals surface area contributed by atoms with Crippen LogP contribution in [0.2, 0.25) is 0 Å². The molecule has 0 unspecified atom stereocenters. The highest BCUT2D eigenvalue weighted by atomic mass is 32.9. The van der Waals surface area contributed by atoms with E-state index >= 15 is 0 Å². The maximum absolute atomic E-state index is 10.5. The zero-order chi connectivity index (χ0) is 12.3. The van der Waals surface area contributed by atoms with Gasteiger partial charge in [-0.3, -0.25) is 9.11 Å². The van der Waals surface area contributed by atoms with Crippen molar-refractivity contribution < 1.29 is 13.3 Å². The zero-order valence-corrected chi connectivity index (χ0v) is 11.6. The van der Waals surface area contributed by atoms with Gasteiger partial charge < -0.3 is 5.32 Å². The minimum Gasteiger partial charge on any atom is -0.320 e. The first-order valence-corrected chi connectivity index (χ1v) is 8.82. The lowest BCUT2D eigenvalue weighted by atomic mass is 10.1. The van der Waals surface area contributed by atoms with Crippen molar-refractivity contribution >= 4 is 19.4 Å². The molecule has 98 valence electrons. The molecule has 0 aliphatic rings. The number of rotatable bonds is 10. The Hall–Kier alpha value is 0.250. The van der Waals surface area contributed by atoms with Gasteiger partial charge in [-0.2, -0.15) is 4.21 Å². The van der Waals surface area contributed by atoms with Gasteiger partial charge in [0.15, 0.2) is 5.75 Å². The van der Waals surface area contributed by atoms with Gasteiger partial charge in [0.1, 0.15) is 0 Å². The minimum absolute atomic E-state index is 0.561. The van der Waals surface area contributed by atoms with Gasteiger partial charge in [-0.25, -0.2) is 0 Å². The molecule has 0 atom stereocenters. The van der Waals surface area contributed by atoms with Gasteiger partial charge in [0.05, 0.1) is 0 Å². The first kappa shape index (κ1) is 16.2. The van der Waals surface area contributed by atoms with Gasteiger partial charge in [0.2, 0.25) is 0 Å². The second-order valence-electron chi connectivity index (χ2n) is 3.85. The van der Waals surface area contributed by atoms with E-state index in [4.69, 9.17) is 9.11 Å². The molecule has 0 heterocycles. The predicted octanol–water partition coefficient (Wildman–Crippen LogP) is 2.16.